The molecule has 1 N–H and O–H groups in total. The third-order valence-corrected chi connectivity index (χ3v) is 4.44. The Labute approximate surface area is 170 Å². The zero-order chi connectivity index (χ0) is 21.1. The van der Waals surface area contributed by atoms with E-state index in [-0.39, 0.29) is 11.4 Å². The highest BCUT2D eigenvalue weighted by atomic mass is 19.2. The molecule has 2 aromatic carbocycles. The van der Waals surface area contributed by atoms with E-state index in [1.165, 1.54) is 6.07 Å². The number of halogens is 2. The molecule has 0 bridgehead atoms. The molecular weight excluding hydrogens is 392 g/mol. The lowest BCUT2D eigenvalue weighted by atomic mass is 10.2. The van der Waals surface area contributed by atoms with Gasteiger partial charge in [0.05, 0.1) is 13.7 Å². The van der Waals surface area contributed by atoms with Crippen molar-refractivity contribution >= 4 is 11.6 Å². The molecule has 0 atom stereocenters. The van der Waals surface area contributed by atoms with Crippen molar-refractivity contribution in [1.29, 1.82) is 0 Å². The number of amides is 1. The molecule has 0 saturated heterocycles. The summed E-state index contributed by atoms with van der Waals surface area (Å²) in [6.45, 7) is 0.364. The molecule has 0 aliphatic rings. The van der Waals surface area contributed by atoms with Gasteiger partial charge in [-0.25, -0.2) is 13.5 Å². The van der Waals surface area contributed by atoms with Gasteiger partial charge in [-0.05, 0) is 42.0 Å². The first kappa shape index (κ1) is 19.3. The predicted octanol–water partition coefficient (Wildman–Crippen LogP) is 3.66. The molecule has 9 heteroatoms. The van der Waals surface area contributed by atoms with Gasteiger partial charge < -0.3 is 14.6 Å². The average Bonchev–Trinajstić information content (AvgIpc) is 3.41. The summed E-state index contributed by atoms with van der Waals surface area (Å²) in [5.74, 6) is -1.47. The second kappa shape index (κ2) is 8.16. The van der Waals surface area contributed by atoms with Crippen LogP contribution in [0.15, 0.2) is 67.0 Å². The van der Waals surface area contributed by atoms with Gasteiger partial charge in [-0.2, -0.15) is 0 Å². The largest absolute Gasteiger partial charge is 0.497 e. The van der Waals surface area contributed by atoms with Gasteiger partial charge in [-0.3, -0.25) is 4.79 Å². The van der Waals surface area contributed by atoms with E-state index in [4.69, 9.17) is 4.74 Å². The SMILES string of the molecule is COc1ccc(Cn2nnc(C(=O)Nc3ccc(F)c(F)c3)c2-n2cccc2)cc1. The van der Waals surface area contributed by atoms with Crippen LogP contribution in [0.25, 0.3) is 5.82 Å². The van der Waals surface area contributed by atoms with E-state index in [1.807, 2.05) is 36.4 Å². The Bertz CT molecular complexity index is 1170. The number of nitrogens with one attached hydrogen (secondary N) is 1. The molecule has 4 rings (SSSR count). The number of aromatic nitrogens is 4. The Hall–Kier alpha value is -4.01. The number of anilines is 1. The van der Waals surface area contributed by atoms with E-state index in [0.717, 1.165) is 23.4 Å². The lowest BCUT2D eigenvalue weighted by Crippen LogP contribution is -2.17. The molecule has 0 radical (unpaired) electrons. The number of benzene rings is 2. The second-order valence-electron chi connectivity index (χ2n) is 6.44. The van der Waals surface area contributed by atoms with Gasteiger partial charge in [0.1, 0.15) is 5.75 Å². The quantitative estimate of drug-likeness (QED) is 0.528. The topological polar surface area (TPSA) is 74.0 Å². The Balaban J connectivity index is 1.65. The lowest BCUT2D eigenvalue weighted by molar-refractivity contribution is 0.102. The van der Waals surface area contributed by atoms with Crippen LogP contribution in [0.1, 0.15) is 16.1 Å². The molecule has 7 nitrogen and oxygen atoms in total. The maximum Gasteiger partial charge on any atom is 0.280 e. The number of carbonyl (C=O) groups is 1. The van der Waals surface area contributed by atoms with E-state index in [0.29, 0.717) is 12.4 Å². The highest BCUT2D eigenvalue weighted by molar-refractivity contribution is 6.04. The predicted molar refractivity (Wildman–Crippen MR) is 106 cm³/mol. The Morgan fingerprint density at radius 2 is 1.80 bits per heavy atom. The minimum Gasteiger partial charge on any atom is -0.497 e. The molecule has 2 heterocycles. The molecule has 0 unspecified atom stereocenters. The Morgan fingerprint density at radius 1 is 1.07 bits per heavy atom. The number of ether oxygens (including phenoxy) is 1. The third kappa shape index (κ3) is 3.90. The van der Waals surface area contributed by atoms with Crippen LogP contribution in [0.2, 0.25) is 0 Å². The van der Waals surface area contributed by atoms with Gasteiger partial charge >= 0.3 is 0 Å². The molecular formula is C21H17F2N5O2. The van der Waals surface area contributed by atoms with Gasteiger partial charge in [0.25, 0.3) is 5.91 Å². The van der Waals surface area contributed by atoms with Gasteiger partial charge in [0.15, 0.2) is 23.1 Å². The van der Waals surface area contributed by atoms with Crippen LogP contribution in [0.3, 0.4) is 0 Å². The first-order valence-corrected chi connectivity index (χ1v) is 9.01. The summed E-state index contributed by atoms with van der Waals surface area (Å²) in [5, 5.41) is 10.7. The smallest absolute Gasteiger partial charge is 0.280 e. The summed E-state index contributed by atoms with van der Waals surface area (Å²) < 4.78 is 35.1. The molecule has 0 saturated carbocycles. The van der Waals surface area contributed by atoms with Crippen LogP contribution in [0.4, 0.5) is 14.5 Å². The molecule has 0 aliphatic heterocycles. The van der Waals surface area contributed by atoms with Crippen molar-refractivity contribution in [2.45, 2.75) is 6.54 Å². The zero-order valence-electron chi connectivity index (χ0n) is 15.9. The van der Waals surface area contributed by atoms with Crippen molar-refractivity contribution < 1.29 is 18.3 Å². The fourth-order valence-corrected chi connectivity index (χ4v) is 2.96. The maximum atomic E-state index is 13.5. The van der Waals surface area contributed by atoms with Crippen LogP contribution >= 0.6 is 0 Å². The summed E-state index contributed by atoms with van der Waals surface area (Å²) in [6, 6.07) is 14.2. The minimum absolute atomic E-state index is 0.0458. The number of nitrogens with zero attached hydrogens (tertiary/aromatic N) is 4. The average molecular weight is 409 g/mol. The second-order valence-corrected chi connectivity index (χ2v) is 6.44. The number of hydrogen-bond donors (Lipinski definition) is 1. The van der Waals surface area contributed by atoms with Crippen LogP contribution < -0.4 is 10.1 Å². The number of methoxy groups -OCH3 is 1. The van der Waals surface area contributed by atoms with Crippen LogP contribution in [0, 0.1) is 11.6 Å². The molecule has 0 spiro atoms. The first-order valence-electron chi connectivity index (χ1n) is 9.01. The molecule has 0 aliphatic carbocycles. The zero-order valence-corrected chi connectivity index (χ0v) is 15.9. The summed E-state index contributed by atoms with van der Waals surface area (Å²) in [6.07, 6.45) is 3.52. The lowest BCUT2D eigenvalue weighted by Gasteiger charge is -2.10. The van der Waals surface area contributed by atoms with E-state index in [1.54, 1.807) is 28.8 Å². The van der Waals surface area contributed by atoms with E-state index < -0.39 is 17.5 Å². The number of hydrogen-bond acceptors (Lipinski definition) is 4. The van der Waals surface area contributed by atoms with Gasteiger partial charge in [-0.1, -0.05) is 17.3 Å². The van der Waals surface area contributed by atoms with Crippen molar-refractivity contribution in [3.05, 3.63) is 89.9 Å². The van der Waals surface area contributed by atoms with Crippen molar-refractivity contribution in [3.63, 3.8) is 0 Å². The van der Waals surface area contributed by atoms with Gasteiger partial charge in [0, 0.05) is 24.1 Å². The molecule has 4 aromatic rings. The highest BCUT2D eigenvalue weighted by Gasteiger charge is 2.22. The maximum absolute atomic E-state index is 13.5. The first-order chi connectivity index (χ1) is 14.5. The van der Waals surface area contributed by atoms with Crippen molar-refractivity contribution in [2.24, 2.45) is 0 Å². The monoisotopic (exact) mass is 409 g/mol. The summed E-state index contributed by atoms with van der Waals surface area (Å²) in [7, 11) is 1.59. The fraction of sp³-hybridized carbons (Fsp3) is 0.0952. The standard InChI is InChI=1S/C21H17F2N5O2/c1-30-16-7-4-14(5-8-16)13-28-21(27-10-2-3-11-27)19(25-26-28)20(29)24-15-6-9-17(22)18(23)12-15/h2-12H,13H2,1H3,(H,24,29). The van der Waals surface area contributed by atoms with E-state index in [9.17, 15) is 13.6 Å². The molecule has 2 aromatic heterocycles. The Morgan fingerprint density at radius 3 is 2.47 bits per heavy atom. The Kier molecular flexibility index (Phi) is 5.25. The molecule has 152 valence electrons. The van der Waals surface area contributed by atoms with Crippen LogP contribution in [-0.2, 0) is 6.54 Å². The van der Waals surface area contributed by atoms with E-state index in [2.05, 4.69) is 15.6 Å². The van der Waals surface area contributed by atoms with Gasteiger partial charge in [0.2, 0.25) is 0 Å². The fourth-order valence-electron chi connectivity index (χ4n) is 2.96. The highest BCUT2D eigenvalue weighted by Crippen LogP contribution is 2.19. The number of rotatable bonds is 6. The minimum atomic E-state index is -1.05. The normalized spacial score (nSPS) is 10.8. The van der Waals surface area contributed by atoms with Crippen molar-refractivity contribution in [3.8, 4) is 11.6 Å². The molecule has 1 amide bonds. The van der Waals surface area contributed by atoms with Crippen LogP contribution in [0.5, 0.6) is 5.75 Å². The number of carbonyl (C=O) groups excluding carboxylic acids is 1. The molecule has 0 fully saturated rings. The van der Waals surface area contributed by atoms with Gasteiger partial charge in [-0.15, -0.1) is 5.10 Å². The summed E-state index contributed by atoms with van der Waals surface area (Å²) >= 11 is 0. The van der Waals surface area contributed by atoms with E-state index >= 15 is 0 Å². The summed E-state index contributed by atoms with van der Waals surface area (Å²) in [5.41, 5.74) is 1.09. The third-order valence-electron chi connectivity index (χ3n) is 4.44. The van der Waals surface area contributed by atoms with Crippen molar-refractivity contribution in [1.82, 2.24) is 19.6 Å². The summed E-state index contributed by atoms with van der Waals surface area (Å²) in [4.78, 5) is 12.8. The molecule has 30 heavy (non-hydrogen) atoms. The van der Waals surface area contributed by atoms with Crippen molar-refractivity contribution in [2.75, 3.05) is 12.4 Å². The van der Waals surface area contributed by atoms with Crippen LogP contribution in [-0.4, -0.2) is 32.6 Å².